The van der Waals surface area contributed by atoms with Crippen molar-refractivity contribution in [1.29, 1.82) is 0 Å². The molecule has 1 N–H and O–H groups in total. The first-order valence-electron chi connectivity index (χ1n) is 7.05. The lowest BCUT2D eigenvalue weighted by atomic mass is 9.93. The molecule has 0 atom stereocenters. The highest BCUT2D eigenvalue weighted by molar-refractivity contribution is 9.10. The highest BCUT2D eigenvalue weighted by Crippen LogP contribution is 2.36. The number of carboxylic acids is 1. The number of carbonyl (C=O) groups is 2. The predicted octanol–water partition coefficient (Wildman–Crippen LogP) is 1.73. The third-order valence-electron chi connectivity index (χ3n) is 3.27. The number of hydrogen-bond donors (Lipinski definition) is 1. The van der Waals surface area contributed by atoms with E-state index in [0.29, 0.717) is 10.4 Å². The number of imidazole rings is 1. The van der Waals surface area contributed by atoms with Crippen LogP contribution in [0, 0.1) is 0 Å². The molecule has 0 spiro atoms. The van der Waals surface area contributed by atoms with Gasteiger partial charge >= 0.3 is 12.1 Å². The number of nitrogens with zero attached hydrogens (tertiary/aromatic N) is 3. The Morgan fingerprint density at radius 1 is 1.43 bits per heavy atom. The molecule has 0 aliphatic carbocycles. The number of aryl methyl sites for hydroxylation is 1. The van der Waals surface area contributed by atoms with E-state index in [1.165, 1.54) is 4.90 Å². The molecule has 128 valence electrons. The van der Waals surface area contributed by atoms with Crippen LogP contribution in [-0.4, -0.2) is 56.9 Å². The maximum Gasteiger partial charge on any atom is 0.410 e. The van der Waals surface area contributed by atoms with Crippen LogP contribution in [0.2, 0.25) is 0 Å². The van der Waals surface area contributed by atoms with Crippen molar-refractivity contribution in [2.24, 2.45) is 7.05 Å². The lowest BCUT2D eigenvalue weighted by Gasteiger charge is -2.48. The molecule has 23 heavy (non-hydrogen) atoms. The Bertz CT molecular complexity index is 616. The number of aliphatic carboxylic acids is 1. The molecule has 1 aromatic rings. The smallest absolute Gasteiger partial charge is 0.410 e. The van der Waals surface area contributed by atoms with Gasteiger partial charge in [0.1, 0.15) is 22.6 Å². The van der Waals surface area contributed by atoms with Crippen molar-refractivity contribution in [1.82, 2.24) is 14.5 Å². The largest absolute Gasteiger partial charge is 0.480 e. The van der Waals surface area contributed by atoms with Gasteiger partial charge in [-0.2, -0.15) is 0 Å². The van der Waals surface area contributed by atoms with Crippen LogP contribution in [0.3, 0.4) is 0 Å². The van der Waals surface area contributed by atoms with Crippen LogP contribution >= 0.6 is 15.9 Å². The van der Waals surface area contributed by atoms with Crippen LogP contribution in [0.25, 0.3) is 0 Å². The summed E-state index contributed by atoms with van der Waals surface area (Å²) in [4.78, 5) is 28.7. The lowest BCUT2D eigenvalue weighted by Crippen LogP contribution is -2.64. The quantitative estimate of drug-likeness (QED) is 0.842. The number of rotatable bonds is 4. The van der Waals surface area contributed by atoms with Gasteiger partial charge in [0.05, 0.1) is 13.1 Å². The molecule has 2 rings (SSSR count). The average molecular weight is 390 g/mol. The van der Waals surface area contributed by atoms with Gasteiger partial charge < -0.3 is 24.0 Å². The summed E-state index contributed by atoms with van der Waals surface area (Å²) < 4.78 is 13.2. The van der Waals surface area contributed by atoms with E-state index in [2.05, 4.69) is 20.9 Å². The van der Waals surface area contributed by atoms with Crippen molar-refractivity contribution in [3.63, 3.8) is 0 Å². The maximum atomic E-state index is 12.1. The molecule has 1 aliphatic rings. The zero-order chi connectivity index (χ0) is 17.4. The second-order valence-electron chi connectivity index (χ2n) is 6.51. The third-order valence-corrected chi connectivity index (χ3v) is 3.65. The molecule has 0 unspecified atom stereocenters. The maximum absolute atomic E-state index is 12.1. The summed E-state index contributed by atoms with van der Waals surface area (Å²) in [6, 6.07) is 0. The second-order valence-corrected chi connectivity index (χ2v) is 7.32. The van der Waals surface area contributed by atoms with E-state index in [1.54, 1.807) is 38.6 Å². The Morgan fingerprint density at radius 2 is 2.04 bits per heavy atom. The molecule has 8 nitrogen and oxygen atoms in total. The van der Waals surface area contributed by atoms with Crippen LogP contribution < -0.4 is 0 Å². The molecule has 1 aromatic heterocycles. The summed E-state index contributed by atoms with van der Waals surface area (Å²) in [5.74, 6) is -0.515. The van der Waals surface area contributed by atoms with Crippen LogP contribution in [0.5, 0.6) is 0 Å². The molecule has 0 radical (unpaired) electrons. The molecule has 1 saturated heterocycles. The molecule has 1 amide bonds. The first-order chi connectivity index (χ1) is 10.5. The second kappa shape index (κ2) is 6.12. The van der Waals surface area contributed by atoms with Gasteiger partial charge in [0, 0.05) is 13.2 Å². The minimum Gasteiger partial charge on any atom is -0.480 e. The van der Waals surface area contributed by atoms with Crippen molar-refractivity contribution in [2.45, 2.75) is 32.0 Å². The van der Waals surface area contributed by atoms with Crippen molar-refractivity contribution in [3.05, 3.63) is 16.6 Å². The number of ether oxygens (including phenoxy) is 2. The zero-order valence-corrected chi connectivity index (χ0v) is 15.1. The Morgan fingerprint density at radius 3 is 2.48 bits per heavy atom. The number of likely N-dealkylation sites (tertiary alicyclic amines) is 1. The Kier molecular flexibility index (Phi) is 4.72. The summed E-state index contributed by atoms with van der Waals surface area (Å²) in [6.45, 7) is 5.27. The molecular formula is C14H20BrN3O5. The van der Waals surface area contributed by atoms with E-state index in [9.17, 15) is 9.59 Å². The molecule has 1 fully saturated rings. The third kappa shape index (κ3) is 4.03. The normalized spacial score (nSPS) is 16.8. The molecule has 2 heterocycles. The first kappa shape index (κ1) is 17.7. The molecule has 0 aromatic carbocycles. The number of aromatic nitrogens is 2. The number of carboxylic acid groups (broad SMARTS) is 1. The van der Waals surface area contributed by atoms with Crippen molar-refractivity contribution in [3.8, 4) is 0 Å². The van der Waals surface area contributed by atoms with Gasteiger partial charge in [-0.15, -0.1) is 0 Å². The van der Waals surface area contributed by atoms with E-state index >= 15 is 0 Å². The fraction of sp³-hybridized carbons (Fsp3) is 0.643. The van der Waals surface area contributed by atoms with E-state index < -0.39 is 29.9 Å². The van der Waals surface area contributed by atoms with Gasteiger partial charge in [0.2, 0.25) is 0 Å². The number of halogens is 1. The van der Waals surface area contributed by atoms with Crippen LogP contribution in [0.4, 0.5) is 4.79 Å². The first-order valence-corrected chi connectivity index (χ1v) is 7.85. The minimum atomic E-state index is -1.08. The SMILES string of the molecule is Cn1cc(Br)nc1C1(OCC(=O)O)CN(C(=O)OC(C)(C)C)C1. The molecular weight excluding hydrogens is 370 g/mol. The van der Waals surface area contributed by atoms with E-state index in [4.69, 9.17) is 14.6 Å². The Hall–Kier alpha value is -1.61. The van der Waals surface area contributed by atoms with E-state index in [0.717, 1.165) is 0 Å². The van der Waals surface area contributed by atoms with Crippen molar-refractivity contribution >= 4 is 28.0 Å². The standard InChI is InChI=1S/C14H20BrN3O5/c1-13(2,3)23-12(21)18-7-14(8-18,22-6-10(19)20)11-16-9(15)5-17(11)4/h5H,6-8H2,1-4H3,(H,19,20). The topological polar surface area (TPSA) is 93.9 Å². The van der Waals surface area contributed by atoms with E-state index in [1.807, 2.05) is 0 Å². The molecule has 9 heteroatoms. The summed E-state index contributed by atoms with van der Waals surface area (Å²) in [6.07, 6.45) is 1.29. The summed E-state index contributed by atoms with van der Waals surface area (Å²) in [5, 5.41) is 8.88. The molecule has 1 aliphatic heterocycles. The van der Waals surface area contributed by atoms with Crippen LogP contribution in [0.1, 0.15) is 26.6 Å². The summed E-state index contributed by atoms with van der Waals surface area (Å²) in [7, 11) is 1.79. The highest BCUT2D eigenvalue weighted by Gasteiger charge is 2.52. The van der Waals surface area contributed by atoms with Gasteiger partial charge in [-0.05, 0) is 36.7 Å². The van der Waals surface area contributed by atoms with Gasteiger partial charge in [-0.3, -0.25) is 0 Å². The van der Waals surface area contributed by atoms with Gasteiger partial charge in [0.15, 0.2) is 5.60 Å². The number of amides is 1. The van der Waals surface area contributed by atoms with Crippen molar-refractivity contribution < 1.29 is 24.2 Å². The Balaban J connectivity index is 2.15. The Labute approximate surface area is 142 Å². The average Bonchev–Trinajstić information content (AvgIpc) is 2.65. The van der Waals surface area contributed by atoms with Crippen molar-refractivity contribution in [2.75, 3.05) is 19.7 Å². The highest BCUT2D eigenvalue weighted by atomic mass is 79.9. The minimum absolute atomic E-state index is 0.187. The van der Waals surface area contributed by atoms with Gasteiger partial charge in [0.25, 0.3) is 0 Å². The van der Waals surface area contributed by atoms with Crippen LogP contribution in [-0.2, 0) is 26.9 Å². The number of hydrogen-bond acceptors (Lipinski definition) is 5. The fourth-order valence-electron chi connectivity index (χ4n) is 2.38. The van der Waals surface area contributed by atoms with Gasteiger partial charge in [-0.25, -0.2) is 14.6 Å². The monoisotopic (exact) mass is 389 g/mol. The summed E-state index contributed by atoms with van der Waals surface area (Å²) in [5.41, 5.74) is -1.54. The van der Waals surface area contributed by atoms with E-state index in [-0.39, 0.29) is 13.1 Å². The number of carbonyl (C=O) groups excluding carboxylic acids is 1. The predicted molar refractivity (Wildman–Crippen MR) is 84.0 cm³/mol. The van der Waals surface area contributed by atoms with Gasteiger partial charge in [-0.1, -0.05) is 0 Å². The molecule has 0 saturated carbocycles. The summed E-state index contributed by atoms with van der Waals surface area (Å²) >= 11 is 3.28. The molecule has 0 bridgehead atoms. The fourth-order valence-corrected chi connectivity index (χ4v) is 2.85. The van der Waals surface area contributed by atoms with Crippen LogP contribution in [0.15, 0.2) is 10.8 Å². The zero-order valence-electron chi connectivity index (χ0n) is 13.5. The lowest BCUT2D eigenvalue weighted by molar-refractivity contribution is -0.173.